The third-order valence-electron chi connectivity index (χ3n) is 3.31. The van der Waals surface area contributed by atoms with Crippen LogP contribution in [-0.2, 0) is 6.54 Å². The fraction of sp³-hybridized carbons (Fsp3) is 0.500. The van der Waals surface area contributed by atoms with Crippen LogP contribution in [0.25, 0.3) is 0 Å². The average Bonchev–Trinajstić information content (AvgIpc) is 2.22. The lowest BCUT2D eigenvalue weighted by Gasteiger charge is -2.41. The van der Waals surface area contributed by atoms with E-state index in [1.165, 1.54) is 0 Å². The van der Waals surface area contributed by atoms with Crippen molar-refractivity contribution < 1.29 is 10.2 Å². The van der Waals surface area contributed by atoms with Gasteiger partial charge in [0.05, 0.1) is 6.61 Å². The molecule has 1 aromatic rings. The number of aliphatic hydroxyl groups excluding tert-OH is 1. The van der Waals surface area contributed by atoms with Crippen molar-refractivity contribution in [2.45, 2.75) is 31.3 Å². The molecule has 0 saturated heterocycles. The number of rotatable bonds is 4. The summed E-state index contributed by atoms with van der Waals surface area (Å²) in [5.74, 6) is 0.295. The van der Waals surface area contributed by atoms with E-state index >= 15 is 0 Å². The molecular formula is C12H16BrNO2. The molecule has 16 heavy (non-hydrogen) atoms. The summed E-state index contributed by atoms with van der Waals surface area (Å²) in [4.78, 5) is 0. The molecule has 0 aromatic heterocycles. The highest BCUT2D eigenvalue weighted by Crippen LogP contribution is 2.32. The molecule has 0 bridgehead atoms. The number of nitrogens with one attached hydrogen (secondary N) is 1. The van der Waals surface area contributed by atoms with Crippen LogP contribution in [-0.4, -0.2) is 22.4 Å². The summed E-state index contributed by atoms with van der Waals surface area (Å²) < 4.78 is 0.953. The second kappa shape index (κ2) is 4.73. The first kappa shape index (κ1) is 11.9. The van der Waals surface area contributed by atoms with Crippen LogP contribution in [0.1, 0.15) is 24.8 Å². The Kier molecular flexibility index (Phi) is 3.52. The van der Waals surface area contributed by atoms with Gasteiger partial charge in [0.15, 0.2) is 0 Å². The summed E-state index contributed by atoms with van der Waals surface area (Å²) in [5, 5.41) is 22.3. The van der Waals surface area contributed by atoms with Gasteiger partial charge in [-0.1, -0.05) is 15.9 Å². The van der Waals surface area contributed by atoms with Gasteiger partial charge in [-0.15, -0.1) is 0 Å². The van der Waals surface area contributed by atoms with Gasteiger partial charge in [-0.05, 0) is 37.5 Å². The van der Waals surface area contributed by atoms with Crippen molar-refractivity contribution in [3.63, 3.8) is 0 Å². The number of aromatic hydroxyl groups is 1. The molecule has 4 heteroatoms. The molecule has 2 rings (SSSR count). The molecule has 0 spiro atoms. The molecule has 0 unspecified atom stereocenters. The standard InChI is InChI=1S/C12H16BrNO2/c13-10-2-3-11(16)9(6-10)7-14-12(8-15)4-1-5-12/h2-3,6,14-16H,1,4-5,7-8H2. The highest BCUT2D eigenvalue weighted by Gasteiger charge is 2.35. The predicted octanol–water partition coefficient (Wildman–Crippen LogP) is 2.16. The van der Waals surface area contributed by atoms with Gasteiger partial charge in [-0.3, -0.25) is 0 Å². The quantitative estimate of drug-likeness (QED) is 0.795. The van der Waals surface area contributed by atoms with Crippen LogP contribution in [0.2, 0.25) is 0 Å². The smallest absolute Gasteiger partial charge is 0.120 e. The monoisotopic (exact) mass is 285 g/mol. The first-order chi connectivity index (χ1) is 7.65. The van der Waals surface area contributed by atoms with Crippen LogP contribution in [0.3, 0.4) is 0 Å². The van der Waals surface area contributed by atoms with Gasteiger partial charge >= 0.3 is 0 Å². The highest BCUT2D eigenvalue weighted by molar-refractivity contribution is 9.10. The molecule has 0 aliphatic heterocycles. The van der Waals surface area contributed by atoms with Gasteiger partial charge in [-0.2, -0.15) is 0 Å². The molecule has 0 atom stereocenters. The fourth-order valence-electron chi connectivity index (χ4n) is 1.97. The molecule has 0 amide bonds. The van der Waals surface area contributed by atoms with Gasteiger partial charge in [0.2, 0.25) is 0 Å². The zero-order chi connectivity index (χ0) is 11.6. The van der Waals surface area contributed by atoms with Crippen LogP contribution in [0, 0.1) is 0 Å². The predicted molar refractivity (Wildman–Crippen MR) is 66.3 cm³/mol. The van der Waals surface area contributed by atoms with E-state index in [9.17, 15) is 10.2 Å². The Labute approximate surface area is 104 Å². The van der Waals surface area contributed by atoms with E-state index in [1.807, 2.05) is 12.1 Å². The molecular weight excluding hydrogens is 270 g/mol. The number of aliphatic hydroxyl groups is 1. The van der Waals surface area contributed by atoms with Gasteiger partial charge in [0.25, 0.3) is 0 Å². The topological polar surface area (TPSA) is 52.5 Å². The summed E-state index contributed by atoms with van der Waals surface area (Å²) in [5.41, 5.74) is 0.739. The van der Waals surface area contributed by atoms with Crippen molar-refractivity contribution in [3.8, 4) is 5.75 Å². The Balaban J connectivity index is 2.01. The summed E-state index contributed by atoms with van der Waals surface area (Å²) >= 11 is 3.38. The van der Waals surface area contributed by atoms with Crippen molar-refractivity contribution in [1.82, 2.24) is 5.32 Å². The van der Waals surface area contributed by atoms with Gasteiger partial charge < -0.3 is 15.5 Å². The maximum Gasteiger partial charge on any atom is 0.120 e. The third kappa shape index (κ3) is 2.39. The molecule has 3 nitrogen and oxygen atoms in total. The maximum atomic E-state index is 9.67. The Morgan fingerprint density at radius 1 is 1.38 bits per heavy atom. The minimum absolute atomic E-state index is 0.116. The third-order valence-corrected chi connectivity index (χ3v) is 3.80. The molecule has 0 radical (unpaired) electrons. The van der Waals surface area contributed by atoms with E-state index in [1.54, 1.807) is 6.07 Å². The second-order valence-electron chi connectivity index (χ2n) is 4.42. The molecule has 1 aliphatic rings. The number of hydrogen-bond donors (Lipinski definition) is 3. The molecule has 1 fully saturated rings. The zero-order valence-electron chi connectivity index (χ0n) is 9.04. The lowest BCUT2D eigenvalue weighted by Crippen LogP contribution is -2.53. The second-order valence-corrected chi connectivity index (χ2v) is 5.33. The maximum absolute atomic E-state index is 9.67. The van der Waals surface area contributed by atoms with Crippen molar-refractivity contribution in [2.75, 3.05) is 6.61 Å². The van der Waals surface area contributed by atoms with E-state index < -0.39 is 0 Å². The lowest BCUT2D eigenvalue weighted by molar-refractivity contribution is 0.0870. The van der Waals surface area contributed by atoms with Crippen molar-refractivity contribution in [3.05, 3.63) is 28.2 Å². The number of halogens is 1. The van der Waals surface area contributed by atoms with Gasteiger partial charge in [0.1, 0.15) is 5.75 Å². The van der Waals surface area contributed by atoms with Crippen LogP contribution < -0.4 is 5.32 Å². The molecule has 1 aliphatic carbocycles. The Bertz CT molecular complexity index is 372. The Morgan fingerprint density at radius 3 is 2.69 bits per heavy atom. The molecule has 1 aromatic carbocycles. The molecule has 88 valence electrons. The minimum atomic E-state index is -0.116. The largest absolute Gasteiger partial charge is 0.508 e. The van der Waals surface area contributed by atoms with Crippen LogP contribution in [0.4, 0.5) is 0 Å². The van der Waals surface area contributed by atoms with Gasteiger partial charge in [0, 0.05) is 22.1 Å². The van der Waals surface area contributed by atoms with Gasteiger partial charge in [-0.25, -0.2) is 0 Å². The fourth-order valence-corrected chi connectivity index (χ4v) is 2.38. The first-order valence-corrected chi connectivity index (χ1v) is 6.28. The summed E-state index contributed by atoms with van der Waals surface area (Å²) in [6, 6.07) is 5.38. The SMILES string of the molecule is OCC1(NCc2cc(Br)ccc2O)CCC1. The number of phenolic OH excluding ortho intramolecular Hbond substituents is 1. The number of hydrogen-bond acceptors (Lipinski definition) is 3. The summed E-state index contributed by atoms with van der Waals surface area (Å²) in [6.45, 7) is 0.758. The number of benzene rings is 1. The van der Waals surface area contributed by atoms with Crippen molar-refractivity contribution in [1.29, 1.82) is 0 Å². The summed E-state index contributed by atoms with van der Waals surface area (Å²) in [7, 11) is 0. The van der Waals surface area contributed by atoms with E-state index in [0.29, 0.717) is 12.3 Å². The van der Waals surface area contributed by atoms with E-state index in [4.69, 9.17) is 0 Å². The highest BCUT2D eigenvalue weighted by atomic mass is 79.9. The van der Waals surface area contributed by atoms with Crippen molar-refractivity contribution in [2.24, 2.45) is 0 Å². The first-order valence-electron chi connectivity index (χ1n) is 5.48. The average molecular weight is 286 g/mol. The van der Waals surface area contributed by atoms with Crippen LogP contribution in [0.15, 0.2) is 22.7 Å². The molecule has 3 N–H and O–H groups in total. The van der Waals surface area contributed by atoms with Crippen molar-refractivity contribution >= 4 is 15.9 Å². The normalized spacial score (nSPS) is 18.1. The van der Waals surface area contributed by atoms with E-state index in [0.717, 1.165) is 29.3 Å². The molecule has 1 saturated carbocycles. The zero-order valence-corrected chi connectivity index (χ0v) is 10.6. The van der Waals surface area contributed by atoms with E-state index in [-0.39, 0.29) is 12.1 Å². The van der Waals surface area contributed by atoms with Crippen LogP contribution in [0.5, 0.6) is 5.75 Å². The summed E-state index contributed by atoms with van der Waals surface area (Å²) in [6.07, 6.45) is 3.19. The Hall–Kier alpha value is -0.580. The lowest BCUT2D eigenvalue weighted by atomic mass is 9.77. The number of phenols is 1. The Morgan fingerprint density at radius 2 is 2.12 bits per heavy atom. The van der Waals surface area contributed by atoms with E-state index in [2.05, 4.69) is 21.2 Å². The minimum Gasteiger partial charge on any atom is -0.508 e. The van der Waals surface area contributed by atoms with Crippen LogP contribution >= 0.6 is 15.9 Å². The molecule has 0 heterocycles.